The van der Waals surface area contributed by atoms with Crippen molar-refractivity contribution in [2.24, 2.45) is 5.92 Å². The summed E-state index contributed by atoms with van der Waals surface area (Å²) in [5.74, 6) is 1.96. The van der Waals surface area contributed by atoms with E-state index in [4.69, 9.17) is 4.52 Å². The number of hydrogen-bond acceptors (Lipinski definition) is 5. The first-order valence-electron chi connectivity index (χ1n) is 10.1. The molecule has 2 heterocycles. The van der Waals surface area contributed by atoms with Gasteiger partial charge in [-0.3, -0.25) is 4.79 Å². The number of carbonyl (C=O) groups excluding carboxylic acids is 1. The molecule has 1 aliphatic rings. The monoisotopic (exact) mass is 407 g/mol. The molecule has 1 fully saturated rings. The van der Waals surface area contributed by atoms with Gasteiger partial charge in [-0.25, -0.2) is 0 Å². The average molecular weight is 408 g/mol. The summed E-state index contributed by atoms with van der Waals surface area (Å²) >= 11 is 1.72. The fourth-order valence-electron chi connectivity index (χ4n) is 3.62. The highest BCUT2D eigenvalue weighted by molar-refractivity contribution is 7.99. The summed E-state index contributed by atoms with van der Waals surface area (Å²) in [5, 5.41) is 4.15. The zero-order chi connectivity index (χ0) is 20.1. The molecule has 150 valence electrons. The smallest absolute Gasteiger partial charge is 0.249 e. The molecule has 1 aliphatic heterocycles. The molecule has 0 bridgehead atoms. The molecule has 2 atom stereocenters. The third-order valence-corrected chi connectivity index (χ3v) is 6.48. The SMILES string of the molecule is CC(CSc1ccccc1)C(=O)N1CCCCC1c1nc(-c2ccccc2)no1. The number of likely N-dealkylation sites (tertiary alicyclic amines) is 1. The van der Waals surface area contributed by atoms with E-state index >= 15 is 0 Å². The number of aromatic nitrogens is 2. The quantitative estimate of drug-likeness (QED) is 0.525. The molecule has 0 aliphatic carbocycles. The van der Waals surface area contributed by atoms with Crippen molar-refractivity contribution in [1.82, 2.24) is 15.0 Å². The first-order valence-corrected chi connectivity index (χ1v) is 11.1. The van der Waals surface area contributed by atoms with Gasteiger partial charge in [-0.05, 0) is 31.4 Å². The lowest BCUT2D eigenvalue weighted by Crippen LogP contribution is -2.42. The Balaban J connectivity index is 1.45. The van der Waals surface area contributed by atoms with Crippen LogP contribution in [0.2, 0.25) is 0 Å². The van der Waals surface area contributed by atoms with Crippen molar-refractivity contribution in [3.8, 4) is 11.4 Å². The van der Waals surface area contributed by atoms with Gasteiger partial charge in [0.2, 0.25) is 17.6 Å². The molecule has 2 unspecified atom stereocenters. The molecule has 1 saturated heterocycles. The zero-order valence-electron chi connectivity index (χ0n) is 16.5. The molecule has 3 aromatic rings. The fraction of sp³-hybridized carbons (Fsp3) is 0.348. The molecule has 2 aromatic carbocycles. The van der Waals surface area contributed by atoms with Crippen molar-refractivity contribution in [1.29, 1.82) is 0 Å². The molecule has 0 radical (unpaired) electrons. The molecule has 5 nitrogen and oxygen atoms in total. The molecular formula is C23H25N3O2S. The first kappa shape index (κ1) is 19.7. The van der Waals surface area contributed by atoms with Gasteiger partial charge in [0.25, 0.3) is 0 Å². The highest BCUT2D eigenvalue weighted by Crippen LogP contribution is 2.33. The van der Waals surface area contributed by atoms with Crippen LogP contribution >= 0.6 is 11.8 Å². The van der Waals surface area contributed by atoms with Crippen LogP contribution in [0.5, 0.6) is 0 Å². The molecule has 4 rings (SSSR count). The summed E-state index contributed by atoms with van der Waals surface area (Å²) in [4.78, 5) is 20.9. The number of hydrogen-bond donors (Lipinski definition) is 0. The van der Waals surface area contributed by atoms with Crippen LogP contribution < -0.4 is 0 Å². The van der Waals surface area contributed by atoms with Gasteiger partial charge in [-0.2, -0.15) is 4.98 Å². The lowest BCUT2D eigenvalue weighted by atomic mass is 10.00. The zero-order valence-corrected chi connectivity index (χ0v) is 17.3. The van der Waals surface area contributed by atoms with Gasteiger partial charge in [0, 0.05) is 28.7 Å². The van der Waals surface area contributed by atoms with Crippen molar-refractivity contribution in [2.75, 3.05) is 12.3 Å². The maximum atomic E-state index is 13.2. The number of benzene rings is 2. The minimum absolute atomic E-state index is 0.0719. The Kier molecular flexibility index (Phi) is 6.30. The second-order valence-corrected chi connectivity index (χ2v) is 8.48. The Bertz CT molecular complexity index is 930. The summed E-state index contributed by atoms with van der Waals surface area (Å²) in [7, 11) is 0. The van der Waals surface area contributed by atoms with Crippen LogP contribution in [0.1, 0.15) is 38.1 Å². The van der Waals surface area contributed by atoms with Crippen LogP contribution in [0, 0.1) is 5.92 Å². The van der Waals surface area contributed by atoms with E-state index in [2.05, 4.69) is 22.3 Å². The van der Waals surface area contributed by atoms with Gasteiger partial charge in [-0.1, -0.05) is 60.6 Å². The van der Waals surface area contributed by atoms with Crippen LogP contribution in [0.4, 0.5) is 0 Å². The second kappa shape index (κ2) is 9.27. The maximum absolute atomic E-state index is 13.2. The van der Waals surface area contributed by atoms with Gasteiger partial charge < -0.3 is 9.42 Å². The van der Waals surface area contributed by atoms with Crippen LogP contribution in [-0.2, 0) is 4.79 Å². The number of amides is 1. The highest BCUT2D eigenvalue weighted by Gasteiger charge is 2.34. The number of carbonyl (C=O) groups is 1. The lowest BCUT2D eigenvalue weighted by Gasteiger charge is -2.35. The second-order valence-electron chi connectivity index (χ2n) is 7.39. The normalized spacial score (nSPS) is 17.8. The number of thioether (sulfide) groups is 1. The molecule has 0 spiro atoms. The average Bonchev–Trinajstić information content (AvgIpc) is 3.28. The molecule has 0 saturated carbocycles. The Morgan fingerprint density at radius 1 is 1.14 bits per heavy atom. The standard InChI is InChI=1S/C23H25N3O2S/c1-17(16-29-19-12-6-3-7-13-19)23(27)26-15-9-8-14-20(26)22-24-21(25-28-22)18-10-4-2-5-11-18/h2-7,10-13,17,20H,8-9,14-16H2,1H3. The molecule has 0 N–H and O–H groups in total. The van der Waals surface area contributed by atoms with Gasteiger partial charge in [0.1, 0.15) is 6.04 Å². The van der Waals surface area contributed by atoms with Crippen molar-refractivity contribution in [3.05, 3.63) is 66.6 Å². The summed E-state index contributed by atoms with van der Waals surface area (Å²) in [5.41, 5.74) is 0.920. The van der Waals surface area contributed by atoms with Crippen molar-refractivity contribution < 1.29 is 9.32 Å². The molecule has 29 heavy (non-hydrogen) atoms. The van der Waals surface area contributed by atoms with Crippen molar-refractivity contribution in [3.63, 3.8) is 0 Å². The van der Waals surface area contributed by atoms with E-state index in [1.165, 1.54) is 4.90 Å². The van der Waals surface area contributed by atoms with E-state index in [0.717, 1.165) is 37.1 Å². The third-order valence-electron chi connectivity index (χ3n) is 5.21. The van der Waals surface area contributed by atoms with Crippen LogP contribution in [0.3, 0.4) is 0 Å². The van der Waals surface area contributed by atoms with E-state index in [1.807, 2.05) is 60.4 Å². The molecule has 1 aromatic heterocycles. The predicted molar refractivity (Wildman–Crippen MR) is 114 cm³/mol. The van der Waals surface area contributed by atoms with E-state index < -0.39 is 0 Å². The Labute approximate surface area is 175 Å². The van der Waals surface area contributed by atoms with Gasteiger partial charge >= 0.3 is 0 Å². The van der Waals surface area contributed by atoms with Crippen molar-refractivity contribution in [2.45, 2.75) is 37.1 Å². The minimum atomic E-state index is -0.134. The summed E-state index contributed by atoms with van der Waals surface area (Å²) in [6, 6.07) is 19.9. The Morgan fingerprint density at radius 3 is 2.62 bits per heavy atom. The van der Waals surface area contributed by atoms with E-state index in [1.54, 1.807) is 11.8 Å². The Hall–Kier alpha value is -2.60. The van der Waals surface area contributed by atoms with Crippen LogP contribution in [-0.4, -0.2) is 33.2 Å². The van der Waals surface area contributed by atoms with E-state index in [9.17, 15) is 4.79 Å². The van der Waals surface area contributed by atoms with Gasteiger partial charge in [0.05, 0.1) is 0 Å². The van der Waals surface area contributed by atoms with Crippen LogP contribution in [0.25, 0.3) is 11.4 Å². The van der Waals surface area contributed by atoms with E-state index in [0.29, 0.717) is 11.7 Å². The molecule has 6 heteroatoms. The van der Waals surface area contributed by atoms with Crippen LogP contribution in [0.15, 0.2) is 70.1 Å². The molecular weight excluding hydrogens is 382 g/mol. The lowest BCUT2D eigenvalue weighted by molar-refractivity contribution is -0.138. The Morgan fingerprint density at radius 2 is 1.86 bits per heavy atom. The number of rotatable bonds is 6. The molecule has 1 amide bonds. The summed E-state index contributed by atoms with van der Waals surface area (Å²) in [6.07, 6.45) is 2.94. The maximum Gasteiger partial charge on any atom is 0.249 e. The summed E-state index contributed by atoms with van der Waals surface area (Å²) < 4.78 is 5.59. The van der Waals surface area contributed by atoms with Crippen molar-refractivity contribution >= 4 is 17.7 Å². The minimum Gasteiger partial charge on any atom is -0.337 e. The topological polar surface area (TPSA) is 59.2 Å². The highest BCUT2D eigenvalue weighted by atomic mass is 32.2. The van der Waals surface area contributed by atoms with Gasteiger partial charge in [0.15, 0.2) is 0 Å². The van der Waals surface area contributed by atoms with Gasteiger partial charge in [-0.15, -0.1) is 11.8 Å². The third kappa shape index (κ3) is 4.70. The number of piperidine rings is 1. The first-order chi connectivity index (χ1) is 14.2. The fourth-order valence-corrected chi connectivity index (χ4v) is 4.55. The van der Waals surface area contributed by atoms with E-state index in [-0.39, 0.29) is 17.9 Å². The largest absolute Gasteiger partial charge is 0.337 e. The summed E-state index contributed by atoms with van der Waals surface area (Å²) in [6.45, 7) is 2.75. The number of nitrogens with zero attached hydrogens (tertiary/aromatic N) is 3. The predicted octanol–water partition coefficient (Wildman–Crippen LogP) is 5.22.